The van der Waals surface area contributed by atoms with Gasteiger partial charge in [0.05, 0.1) is 16.2 Å². The Kier molecular flexibility index (Phi) is 3.95. The van der Waals surface area contributed by atoms with Crippen molar-refractivity contribution >= 4 is 15.5 Å². The lowest BCUT2D eigenvalue weighted by Crippen LogP contribution is -2.10. The summed E-state index contributed by atoms with van der Waals surface area (Å²) in [5.41, 5.74) is 5.31. The van der Waals surface area contributed by atoms with Crippen molar-refractivity contribution in [2.24, 2.45) is 0 Å². The number of anilines is 1. The zero-order valence-electron chi connectivity index (χ0n) is 10.8. The molecule has 0 saturated carbocycles. The van der Waals surface area contributed by atoms with Gasteiger partial charge >= 0.3 is 6.18 Å². The highest BCUT2D eigenvalue weighted by Gasteiger charge is 2.31. The van der Waals surface area contributed by atoms with Gasteiger partial charge < -0.3 is 5.73 Å². The van der Waals surface area contributed by atoms with Crippen molar-refractivity contribution in [1.82, 2.24) is 0 Å². The van der Waals surface area contributed by atoms with Gasteiger partial charge in [-0.05, 0) is 29.8 Å². The first-order valence-corrected chi connectivity index (χ1v) is 7.59. The van der Waals surface area contributed by atoms with Crippen LogP contribution in [-0.4, -0.2) is 8.42 Å². The highest BCUT2D eigenvalue weighted by molar-refractivity contribution is 7.90. The molecule has 7 heteroatoms. The van der Waals surface area contributed by atoms with E-state index in [1.807, 2.05) is 0 Å². The van der Waals surface area contributed by atoms with Gasteiger partial charge in [0.25, 0.3) is 0 Å². The summed E-state index contributed by atoms with van der Waals surface area (Å²) < 4.78 is 62.3. The Morgan fingerprint density at radius 2 is 1.67 bits per heavy atom. The average Bonchev–Trinajstić information content (AvgIpc) is 2.40. The highest BCUT2D eigenvalue weighted by Crippen LogP contribution is 2.31. The first-order valence-electron chi connectivity index (χ1n) is 5.93. The molecular weight excluding hydrogens is 303 g/mol. The SMILES string of the molecule is Nc1ccccc1CS(=O)(=O)c1cccc(C(F)(F)F)c1. The Balaban J connectivity index is 2.39. The standard InChI is InChI=1S/C14H12F3NO2S/c15-14(16,17)11-5-3-6-12(8-11)21(19,20)9-10-4-1-2-7-13(10)18/h1-8H,9,18H2. The second-order valence-electron chi connectivity index (χ2n) is 4.48. The number of hydrogen-bond acceptors (Lipinski definition) is 3. The van der Waals surface area contributed by atoms with Crippen molar-refractivity contribution in [3.05, 3.63) is 59.7 Å². The first-order chi connectivity index (χ1) is 9.70. The summed E-state index contributed by atoms with van der Waals surface area (Å²) in [4.78, 5) is -0.374. The minimum Gasteiger partial charge on any atom is -0.398 e. The fourth-order valence-electron chi connectivity index (χ4n) is 1.82. The number of halogens is 3. The molecule has 0 spiro atoms. The number of alkyl halides is 3. The molecule has 2 aromatic rings. The van der Waals surface area contributed by atoms with Crippen LogP contribution in [-0.2, 0) is 21.8 Å². The largest absolute Gasteiger partial charge is 0.416 e. The number of rotatable bonds is 3. The van der Waals surface area contributed by atoms with Crippen LogP contribution in [0.5, 0.6) is 0 Å². The molecule has 0 aliphatic carbocycles. The van der Waals surface area contributed by atoms with Gasteiger partial charge in [-0.25, -0.2) is 8.42 Å². The summed E-state index contributed by atoms with van der Waals surface area (Å²) in [7, 11) is -3.90. The molecule has 0 aliphatic rings. The summed E-state index contributed by atoms with van der Waals surface area (Å²) in [6.07, 6.45) is -4.59. The van der Waals surface area contributed by atoms with E-state index in [0.717, 1.165) is 18.2 Å². The third-order valence-electron chi connectivity index (χ3n) is 2.92. The fourth-order valence-corrected chi connectivity index (χ4v) is 3.25. The zero-order chi connectivity index (χ0) is 15.7. The molecule has 0 unspecified atom stereocenters. The molecule has 112 valence electrons. The van der Waals surface area contributed by atoms with E-state index in [0.29, 0.717) is 11.6 Å². The molecule has 2 N–H and O–H groups in total. The number of benzene rings is 2. The Morgan fingerprint density at radius 1 is 1.00 bits per heavy atom. The van der Waals surface area contributed by atoms with E-state index in [9.17, 15) is 21.6 Å². The normalized spacial score (nSPS) is 12.3. The van der Waals surface area contributed by atoms with Gasteiger partial charge in [-0.1, -0.05) is 24.3 Å². The van der Waals surface area contributed by atoms with Crippen LogP contribution in [0.2, 0.25) is 0 Å². The van der Waals surface area contributed by atoms with Gasteiger partial charge in [0.2, 0.25) is 0 Å². The lowest BCUT2D eigenvalue weighted by molar-refractivity contribution is -0.137. The Labute approximate surface area is 120 Å². The predicted octanol–water partition coefficient (Wildman–Crippen LogP) is 3.26. The lowest BCUT2D eigenvalue weighted by atomic mass is 10.2. The summed E-state index contributed by atoms with van der Waals surface area (Å²) in [5, 5.41) is 0. The smallest absolute Gasteiger partial charge is 0.398 e. The van der Waals surface area contributed by atoms with Gasteiger partial charge in [0.1, 0.15) is 0 Å². The second-order valence-corrected chi connectivity index (χ2v) is 6.47. The number of nitrogen functional groups attached to an aromatic ring is 1. The third-order valence-corrected chi connectivity index (χ3v) is 4.58. The second kappa shape index (κ2) is 5.40. The van der Waals surface area contributed by atoms with Crippen LogP contribution >= 0.6 is 0 Å². The maximum absolute atomic E-state index is 12.6. The molecule has 0 aliphatic heterocycles. The van der Waals surface area contributed by atoms with Gasteiger partial charge in [-0.15, -0.1) is 0 Å². The minimum atomic E-state index is -4.59. The molecule has 3 nitrogen and oxygen atoms in total. The van der Waals surface area contributed by atoms with Crippen molar-refractivity contribution in [2.75, 3.05) is 5.73 Å². The molecule has 0 saturated heterocycles. The van der Waals surface area contributed by atoms with E-state index in [1.165, 1.54) is 12.1 Å². The van der Waals surface area contributed by atoms with E-state index in [1.54, 1.807) is 12.1 Å². The van der Waals surface area contributed by atoms with E-state index >= 15 is 0 Å². The summed E-state index contributed by atoms with van der Waals surface area (Å²) in [6, 6.07) is 10.0. The molecule has 0 radical (unpaired) electrons. The van der Waals surface area contributed by atoms with Crippen LogP contribution in [0.1, 0.15) is 11.1 Å². The monoisotopic (exact) mass is 315 g/mol. The van der Waals surface area contributed by atoms with Crippen LogP contribution < -0.4 is 5.73 Å². The number of sulfone groups is 1. The third kappa shape index (κ3) is 3.55. The van der Waals surface area contributed by atoms with E-state index < -0.39 is 27.3 Å². The topological polar surface area (TPSA) is 60.2 Å². The van der Waals surface area contributed by atoms with Crippen molar-refractivity contribution in [3.63, 3.8) is 0 Å². The maximum atomic E-state index is 12.6. The zero-order valence-corrected chi connectivity index (χ0v) is 11.6. The Hall–Kier alpha value is -2.02. The molecule has 0 fully saturated rings. The van der Waals surface area contributed by atoms with Gasteiger partial charge in [0, 0.05) is 5.69 Å². The number of para-hydroxylation sites is 1. The Bertz CT molecular complexity index is 755. The molecule has 2 aromatic carbocycles. The van der Waals surface area contributed by atoms with Gasteiger partial charge in [0.15, 0.2) is 9.84 Å². The molecule has 0 bridgehead atoms. The van der Waals surface area contributed by atoms with Crippen LogP contribution in [0.4, 0.5) is 18.9 Å². The van der Waals surface area contributed by atoms with Crippen LogP contribution in [0.3, 0.4) is 0 Å². The molecular formula is C14H12F3NO2S. The first kappa shape index (κ1) is 15.4. The maximum Gasteiger partial charge on any atom is 0.416 e. The molecule has 0 heterocycles. The van der Waals surface area contributed by atoms with Crippen molar-refractivity contribution in [2.45, 2.75) is 16.8 Å². The van der Waals surface area contributed by atoms with Gasteiger partial charge in [-0.2, -0.15) is 13.2 Å². The molecule has 0 aromatic heterocycles. The van der Waals surface area contributed by atoms with Gasteiger partial charge in [-0.3, -0.25) is 0 Å². The number of hydrogen-bond donors (Lipinski definition) is 1. The molecule has 2 rings (SSSR count). The minimum absolute atomic E-state index is 0.285. The lowest BCUT2D eigenvalue weighted by Gasteiger charge is -2.10. The Morgan fingerprint density at radius 3 is 2.29 bits per heavy atom. The summed E-state index contributed by atoms with van der Waals surface area (Å²) in [6.45, 7) is 0. The fraction of sp³-hybridized carbons (Fsp3) is 0.143. The van der Waals surface area contributed by atoms with E-state index in [4.69, 9.17) is 5.73 Å². The van der Waals surface area contributed by atoms with Crippen LogP contribution in [0.15, 0.2) is 53.4 Å². The molecule has 0 atom stereocenters. The quantitative estimate of drug-likeness (QED) is 0.884. The molecule has 21 heavy (non-hydrogen) atoms. The summed E-state index contributed by atoms with van der Waals surface area (Å²) in [5.74, 6) is -0.443. The van der Waals surface area contributed by atoms with E-state index in [2.05, 4.69) is 0 Å². The van der Waals surface area contributed by atoms with Crippen molar-refractivity contribution in [3.8, 4) is 0 Å². The average molecular weight is 315 g/mol. The predicted molar refractivity (Wildman–Crippen MR) is 73.2 cm³/mol. The van der Waals surface area contributed by atoms with Crippen molar-refractivity contribution < 1.29 is 21.6 Å². The van der Waals surface area contributed by atoms with Crippen LogP contribution in [0.25, 0.3) is 0 Å². The molecule has 0 amide bonds. The highest BCUT2D eigenvalue weighted by atomic mass is 32.2. The van der Waals surface area contributed by atoms with E-state index in [-0.39, 0.29) is 10.6 Å². The number of nitrogens with two attached hydrogens (primary N) is 1. The van der Waals surface area contributed by atoms with Crippen molar-refractivity contribution in [1.29, 1.82) is 0 Å². The van der Waals surface area contributed by atoms with Crippen LogP contribution in [0, 0.1) is 0 Å². The summed E-state index contributed by atoms with van der Waals surface area (Å²) >= 11 is 0.